The maximum atomic E-state index is 9.33. The molecule has 3 nitrogen and oxygen atoms in total. The number of nitrogens with zero attached hydrogens (tertiary/aromatic N) is 3. The number of hydrogen-bond donors (Lipinski definition) is 0. The Morgan fingerprint density at radius 1 is 1.38 bits per heavy atom. The fraction of sp³-hybridized carbons (Fsp3) is 0.0588. The summed E-state index contributed by atoms with van der Waals surface area (Å²) in [6.07, 6.45) is 5.53. The maximum absolute atomic E-state index is 9.33. The molecular formula is C17H13N3S. The molecule has 0 N–H and O–H groups in total. The lowest BCUT2D eigenvalue weighted by Gasteiger charge is -2.04. The molecule has 3 aromatic rings. The second-order valence-electron chi connectivity index (χ2n) is 4.76. The van der Waals surface area contributed by atoms with E-state index in [9.17, 15) is 5.26 Å². The van der Waals surface area contributed by atoms with Gasteiger partial charge in [0, 0.05) is 29.0 Å². The standard InChI is InChI=1S/C17H13N3S/c1-12(2)13-5-6-19-17(8-13)20-10-14(9-18)15(11-20)16-4-3-7-21-16/h3-8,10-11H,1H2,2H3. The van der Waals surface area contributed by atoms with E-state index in [0.29, 0.717) is 5.56 Å². The van der Waals surface area contributed by atoms with E-state index in [2.05, 4.69) is 17.6 Å². The number of hydrogen-bond acceptors (Lipinski definition) is 3. The molecule has 0 atom stereocenters. The fourth-order valence-corrected chi connectivity index (χ4v) is 2.88. The highest BCUT2D eigenvalue weighted by Crippen LogP contribution is 2.29. The second-order valence-corrected chi connectivity index (χ2v) is 5.71. The zero-order valence-corrected chi connectivity index (χ0v) is 12.4. The van der Waals surface area contributed by atoms with Crippen LogP contribution in [0.2, 0.25) is 0 Å². The Morgan fingerprint density at radius 3 is 2.90 bits per heavy atom. The van der Waals surface area contributed by atoms with Crippen molar-refractivity contribution in [1.82, 2.24) is 9.55 Å². The first-order chi connectivity index (χ1) is 10.2. The Hall–Kier alpha value is -2.64. The summed E-state index contributed by atoms with van der Waals surface area (Å²) >= 11 is 1.62. The molecule has 0 spiro atoms. The van der Waals surface area contributed by atoms with Gasteiger partial charge in [-0.15, -0.1) is 11.3 Å². The zero-order valence-electron chi connectivity index (χ0n) is 11.6. The van der Waals surface area contributed by atoms with Gasteiger partial charge in [0.05, 0.1) is 5.56 Å². The molecule has 102 valence electrons. The van der Waals surface area contributed by atoms with Gasteiger partial charge >= 0.3 is 0 Å². The largest absolute Gasteiger partial charge is 0.307 e. The Balaban J connectivity index is 2.10. The second kappa shape index (κ2) is 5.39. The van der Waals surface area contributed by atoms with Crippen LogP contribution in [0.1, 0.15) is 18.1 Å². The van der Waals surface area contributed by atoms with Crippen molar-refractivity contribution < 1.29 is 0 Å². The summed E-state index contributed by atoms with van der Waals surface area (Å²) in [6.45, 7) is 5.92. The number of pyridine rings is 1. The molecule has 3 rings (SSSR count). The fourth-order valence-electron chi connectivity index (χ4n) is 2.13. The third kappa shape index (κ3) is 2.51. The van der Waals surface area contributed by atoms with Gasteiger partial charge in [-0.3, -0.25) is 0 Å². The summed E-state index contributed by atoms with van der Waals surface area (Å²) in [5.74, 6) is 0.787. The van der Waals surface area contributed by atoms with Gasteiger partial charge in [0.2, 0.25) is 0 Å². The average molecular weight is 291 g/mol. The highest BCUT2D eigenvalue weighted by atomic mass is 32.1. The van der Waals surface area contributed by atoms with Crippen molar-refractivity contribution in [3.63, 3.8) is 0 Å². The third-order valence-electron chi connectivity index (χ3n) is 3.24. The topological polar surface area (TPSA) is 41.6 Å². The van der Waals surface area contributed by atoms with E-state index < -0.39 is 0 Å². The molecule has 21 heavy (non-hydrogen) atoms. The first-order valence-electron chi connectivity index (χ1n) is 6.47. The summed E-state index contributed by atoms with van der Waals surface area (Å²) in [5.41, 5.74) is 3.63. The van der Waals surface area contributed by atoms with Crippen LogP contribution in [0.5, 0.6) is 0 Å². The van der Waals surface area contributed by atoms with Crippen molar-refractivity contribution in [3.05, 3.63) is 65.9 Å². The molecule has 0 unspecified atom stereocenters. The Morgan fingerprint density at radius 2 is 2.24 bits per heavy atom. The minimum absolute atomic E-state index is 0.653. The Kier molecular flexibility index (Phi) is 3.43. The number of rotatable bonds is 3. The first-order valence-corrected chi connectivity index (χ1v) is 7.35. The van der Waals surface area contributed by atoms with Crippen LogP contribution >= 0.6 is 11.3 Å². The van der Waals surface area contributed by atoms with Gasteiger partial charge in [0.15, 0.2) is 0 Å². The van der Waals surface area contributed by atoms with E-state index in [1.807, 2.05) is 53.5 Å². The molecular weight excluding hydrogens is 278 g/mol. The van der Waals surface area contributed by atoms with Gasteiger partial charge in [-0.05, 0) is 36.1 Å². The number of nitriles is 1. The van der Waals surface area contributed by atoms with Crippen LogP contribution in [0.25, 0.3) is 21.8 Å². The lowest BCUT2D eigenvalue weighted by Crippen LogP contribution is -1.94. The molecule has 3 heterocycles. The van der Waals surface area contributed by atoms with Crippen molar-refractivity contribution >= 4 is 16.9 Å². The highest BCUT2D eigenvalue weighted by Gasteiger charge is 2.11. The third-order valence-corrected chi connectivity index (χ3v) is 4.14. The van der Waals surface area contributed by atoms with Crippen LogP contribution in [0.15, 0.2) is 54.8 Å². The molecule has 0 aliphatic rings. The zero-order chi connectivity index (χ0) is 14.8. The summed E-state index contributed by atoms with van der Waals surface area (Å²) < 4.78 is 1.89. The predicted octanol–water partition coefficient (Wildman–Crippen LogP) is 4.51. The minimum Gasteiger partial charge on any atom is -0.307 e. The molecule has 0 amide bonds. The van der Waals surface area contributed by atoms with Gasteiger partial charge in [0.1, 0.15) is 11.9 Å². The molecule has 4 heteroatoms. The molecule has 3 aromatic heterocycles. The highest BCUT2D eigenvalue weighted by molar-refractivity contribution is 7.13. The van der Waals surface area contributed by atoms with E-state index in [-0.39, 0.29) is 0 Å². The van der Waals surface area contributed by atoms with Crippen molar-refractivity contribution in [1.29, 1.82) is 5.26 Å². The van der Waals surface area contributed by atoms with Crippen LogP contribution in [0.4, 0.5) is 0 Å². The van der Waals surface area contributed by atoms with Crippen molar-refractivity contribution in [2.24, 2.45) is 0 Å². The molecule has 0 bridgehead atoms. The van der Waals surface area contributed by atoms with E-state index in [4.69, 9.17) is 0 Å². The molecule has 0 aromatic carbocycles. The molecule has 0 fully saturated rings. The van der Waals surface area contributed by atoms with Crippen molar-refractivity contribution in [3.8, 4) is 22.3 Å². The number of allylic oxidation sites excluding steroid dienone is 1. The van der Waals surface area contributed by atoms with Crippen LogP contribution in [0, 0.1) is 11.3 Å². The first kappa shape index (κ1) is 13.3. The van der Waals surface area contributed by atoms with Gasteiger partial charge in [-0.1, -0.05) is 18.2 Å². The van der Waals surface area contributed by atoms with Crippen LogP contribution in [-0.4, -0.2) is 9.55 Å². The maximum Gasteiger partial charge on any atom is 0.137 e. The Labute approximate surface area is 127 Å². The van der Waals surface area contributed by atoms with E-state index in [1.54, 1.807) is 17.5 Å². The summed E-state index contributed by atoms with van der Waals surface area (Å²) in [6, 6.07) is 10.2. The normalized spacial score (nSPS) is 10.3. The van der Waals surface area contributed by atoms with Crippen molar-refractivity contribution in [2.75, 3.05) is 0 Å². The van der Waals surface area contributed by atoms with Gasteiger partial charge in [0.25, 0.3) is 0 Å². The van der Waals surface area contributed by atoms with E-state index in [0.717, 1.165) is 27.4 Å². The Bertz CT molecular complexity index is 835. The quantitative estimate of drug-likeness (QED) is 0.712. The lowest BCUT2D eigenvalue weighted by molar-refractivity contribution is 1.01. The summed E-state index contributed by atoms with van der Waals surface area (Å²) in [4.78, 5) is 5.46. The minimum atomic E-state index is 0.653. The summed E-state index contributed by atoms with van der Waals surface area (Å²) in [7, 11) is 0. The predicted molar refractivity (Wildman–Crippen MR) is 86.3 cm³/mol. The summed E-state index contributed by atoms with van der Waals surface area (Å²) in [5, 5.41) is 11.3. The number of aromatic nitrogens is 2. The van der Waals surface area contributed by atoms with Gasteiger partial charge in [-0.2, -0.15) is 5.26 Å². The molecule has 0 radical (unpaired) electrons. The SMILES string of the molecule is C=C(C)c1ccnc(-n2cc(C#N)c(-c3cccs3)c2)c1. The van der Waals surface area contributed by atoms with Crippen LogP contribution < -0.4 is 0 Å². The van der Waals surface area contributed by atoms with E-state index in [1.165, 1.54) is 0 Å². The molecule has 0 aliphatic heterocycles. The molecule has 0 saturated heterocycles. The lowest BCUT2D eigenvalue weighted by atomic mass is 10.1. The van der Waals surface area contributed by atoms with Gasteiger partial charge < -0.3 is 4.57 Å². The van der Waals surface area contributed by atoms with Crippen LogP contribution in [0.3, 0.4) is 0 Å². The van der Waals surface area contributed by atoms with E-state index >= 15 is 0 Å². The average Bonchev–Trinajstić information content (AvgIpc) is 3.16. The smallest absolute Gasteiger partial charge is 0.137 e. The van der Waals surface area contributed by atoms with Crippen molar-refractivity contribution in [2.45, 2.75) is 6.92 Å². The molecule has 0 saturated carbocycles. The molecule has 0 aliphatic carbocycles. The van der Waals surface area contributed by atoms with Gasteiger partial charge in [-0.25, -0.2) is 4.98 Å². The van der Waals surface area contributed by atoms with Crippen LogP contribution in [-0.2, 0) is 0 Å². The number of thiophene rings is 1. The monoisotopic (exact) mass is 291 g/mol.